The summed E-state index contributed by atoms with van der Waals surface area (Å²) in [6.45, 7) is 9.72. The van der Waals surface area contributed by atoms with E-state index < -0.39 is 0 Å². The molecule has 4 nitrogen and oxygen atoms in total. The van der Waals surface area contributed by atoms with E-state index in [1.54, 1.807) is 0 Å². The highest BCUT2D eigenvalue weighted by atomic mass is 15.3. The lowest BCUT2D eigenvalue weighted by Gasteiger charge is -2.29. The first-order chi connectivity index (χ1) is 8.69. The predicted octanol–water partition coefficient (Wildman–Crippen LogP) is 1.64. The summed E-state index contributed by atoms with van der Waals surface area (Å²) in [5.41, 5.74) is 2.42. The zero-order valence-electron chi connectivity index (χ0n) is 11.9. The van der Waals surface area contributed by atoms with Crippen LogP contribution in [0.1, 0.15) is 31.2 Å². The van der Waals surface area contributed by atoms with E-state index in [2.05, 4.69) is 47.0 Å². The minimum absolute atomic E-state index is 0.808. The van der Waals surface area contributed by atoms with Crippen LogP contribution in [-0.2, 0) is 13.1 Å². The zero-order valence-corrected chi connectivity index (χ0v) is 11.9. The molecule has 18 heavy (non-hydrogen) atoms. The quantitative estimate of drug-likeness (QED) is 0.862. The van der Waals surface area contributed by atoms with Crippen molar-refractivity contribution in [3.8, 4) is 0 Å². The van der Waals surface area contributed by atoms with Gasteiger partial charge in [-0.1, -0.05) is 0 Å². The van der Waals surface area contributed by atoms with Crippen molar-refractivity contribution in [1.29, 1.82) is 0 Å². The number of aryl methyl sites for hydroxylation is 2. The molecule has 0 spiro atoms. The molecule has 1 N–H and O–H groups in total. The fourth-order valence-corrected chi connectivity index (χ4v) is 2.86. The highest BCUT2D eigenvalue weighted by Crippen LogP contribution is 2.14. The molecule has 0 aliphatic carbocycles. The third kappa shape index (κ3) is 3.56. The van der Waals surface area contributed by atoms with Crippen LogP contribution in [0, 0.1) is 12.8 Å². The Morgan fingerprint density at radius 1 is 1.50 bits per heavy atom. The average Bonchev–Trinajstić information content (AvgIpc) is 2.70. The van der Waals surface area contributed by atoms with Crippen molar-refractivity contribution in [2.45, 2.75) is 39.8 Å². The molecule has 0 aromatic carbocycles. The molecule has 1 unspecified atom stereocenters. The highest BCUT2D eigenvalue weighted by Gasteiger charge is 2.16. The molecule has 0 amide bonds. The van der Waals surface area contributed by atoms with E-state index in [1.165, 1.54) is 31.6 Å². The maximum absolute atomic E-state index is 4.48. The van der Waals surface area contributed by atoms with Crippen molar-refractivity contribution >= 4 is 0 Å². The Bertz CT molecular complexity index is 372. The first-order valence-electron chi connectivity index (χ1n) is 7.11. The maximum atomic E-state index is 4.48. The molecule has 1 atom stereocenters. The van der Waals surface area contributed by atoms with Crippen LogP contribution in [-0.4, -0.2) is 41.4 Å². The Morgan fingerprint density at radius 2 is 2.33 bits per heavy atom. The smallest absolute Gasteiger partial charge is 0.0597 e. The minimum atomic E-state index is 0.808. The van der Waals surface area contributed by atoms with Crippen LogP contribution in [0.3, 0.4) is 0 Å². The fourth-order valence-electron chi connectivity index (χ4n) is 2.86. The summed E-state index contributed by atoms with van der Waals surface area (Å²) >= 11 is 0. The van der Waals surface area contributed by atoms with Crippen molar-refractivity contribution in [2.24, 2.45) is 5.92 Å². The first-order valence-corrected chi connectivity index (χ1v) is 7.11. The van der Waals surface area contributed by atoms with Gasteiger partial charge >= 0.3 is 0 Å². The molecule has 1 aliphatic rings. The molecule has 1 aromatic rings. The Kier molecular flexibility index (Phi) is 4.78. The van der Waals surface area contributed by atoms with Crippen LogP contribution >= 0.6 is 0 Å². The number of rotatable bonds is 5. The lowest BCUT2D eigenvalue weighted by atomic mass is 9.98. The van der Waals surface area contributed by atoms with Crippen LogP contribution in [0.5, 0.6) is 0 Å². The molecule has 1 aromatic heterocycles. The second-order valence-corrected chi connectivity index (χ2v) is 5.49. The topological polar surface area (TPSA) is 33.1 Å². The molecular formula is C14H26N4. The maximum Gasteiger partial charge on any atom is 0.0597 e. The van der Waals surface area contributed by atoms with Gasteiger partial charge in [0.25, 0.3) is 0 Å². The molecule has 102 valence electrons. The van der Waals surface area contributed by atoms with Crippen LogP contribution in [0.2, 0.25) is 0 Å². The molecule has 1 fully saturated rings. The summed E-state index contributed by atoms with van der Waals surface area (Å²) in [6.07, 6.45) is 2.71. The number of piperidine rings is 1. The van der Waals surface area contributed by atoms with Gasteiger partial charge in [0.2, 0.25) is 0 Å². The minimum Gasteiger partial charge on any atom is -0.311 e. The van der Waals surface area contributed by atoms with Gasteiger partial charge in [0.15, 0.2) is 0 Å². The molecule has 1 saturated heterocycles. The zero-order chi connectivity index (χ0) is 13.0. The Labute approximate surface area is 110 Å². The number of likely N-dealkylation sites (tertiary alicyclic amines) is 1. The number of nitrogens with zero attached hydrogens (tertiary/aromatic N) is 3. The lowest BCUT2D eigenvalue weighted by molar-refractivity contribution is 0.206. The number of hydrogen-bond donors (Lipinski definition) is 1. The molecule has 2 heterocycles. The Hall–Kier alpha value is -0.870. The van der Waals surface area contributed by atoms with Crippen molar-refractivity contribution in [3.63, 3.8) is 0 Å². The molecule has 2 rings (SSSR count). The molecule has 1 aliphatic heterocycles. The van der Waals surface area contributed by atoms with Crippen LogP contribution in [0.4, 0.5) is 0 Å². The van der Waals surface area contributed by atoms with E-state index in [1.807, 2.05) is 0 Å². The molecule has 0 bridgehead atoms. The van der Waals surface area contributed by atoms with Crippen molar-refractivity contribution < 1.29 is 0 Å². The summed E-state index contributed by atoms with van der Waals surface area (Å²) in [7, 11) is 2.22. The Balaban J connectivity index is 1.77. The SMILES string of the molecule is CCn1nc(C)cc1CNCC1CCCN(C)C1. The van der Waals surface area contributed by atoms with Gasteiger partial charge in [0.1, 0.15) is 0 Å². The lowest BCUT2D eigenvalue weighted by Crippen LogP contribution is -2.37. The second kappa shape index (κ2) is 6.34. The van der Waals surface area contributed by atoms with E-state index in [0.717, 1.165) is 31.2 Å². The van der Waals surface area contributed by atoms with Gasteiger partial charge in [-0.3, -0.25) is 4.68 Å². The number of nitrogens with one attached hydrogen (secondary N) is 1. The van der Waals surface area contributed by atoms with Gasteiger partial charge in [0.05, 0.1) is 11.4 Å². The van der Waals surface area contributed by atoms with Gasteiger partial charge in [-0.05, 0) is 58.8 Å². The fraction of sp³-hybridized carbons (Fsp3) is 0.786. The highest BCUT2D eigenvalue weighted by molar-refractivity contribution is 5.08. The standard InChI is InChI=1S/C14H26N4/c1-4-18-14(8-12(2)16-18)10-15-9-13-6-5-7-17(3)11-13/h8,13,15H,4-7,9-11H2,1-3H3. The van der Waals surface area contributed by atoms with E-state index >= 15 is 0 Å². The average molecular weight is 250 g/mol. The van der Waals surface area contributed by atoms with Crippen molar-refractivity contribution in [1.82, 2.24) is 20.0 Å². The number of aromatic nitrogens is 2. The van der Waals surface area contributed by atoms with E-state index in [-0.39, 0.29) is 0 Å². The predicted molar refractivity (Wildman–Crippen MR) is 74.6 cm³/mol. The molecule has 4 heteroatoms. The third-order valence-corrected chi connectivity index (χ3v) is 3.75. The van der Waals surface area contributed by atoms with E-state index in [4.69, 9.17) is 0 Å². The van der Waals surface area contributed by atoms with Crippen LogP contribution in [0.15, 0.2) is 6.07 Å². The Morgan fingerprint density at radius 3 is 3.06 bits per heavy atom. The summed E-state index contributed by atoms with van der Waals surface area (Å²) in [5.74, 6) is 0.808. The second-order valence-electron chi connectivity index (χ2n) is 5.49. The first kappa shape index (κ1) is 13.6. The normalized spacial score (nSPS) is 21.4. The largest absolute Gasteiger partial charge is 0.311 e. The molecular weight excluding hydrogens is 224 g/mol. The molecule has 0 radical (unpaired) electrons. The van der Waals surface area contributed by atoms with Crippen molar-refractivity contribution in [3.05, 3.63) is 17.5 Å². The van der Waals surface area contributed by atoms with Crippen LogP contribution < -0.4 is 5.32 Å². The van der Waals surface area contributed by atoms with Gasteiger partial charge in [-0.15, -0.1) is 0 Å². The summed E-state index contributed by atoms with van der Waals surface area (Å²) in [4.78, 5) is 2.44. The third-order valence-electron chi connectivity index (χ3n) is 3.75. The van der Waals surface area contributed by atoms with E-state index in [9.17, 15) is 0 Å². The van der Waals surface area contributed by atoms with Crippen LogP contribution in [0.25, 0.3) is 0 Å². The van der Waals surface area contributed by atoms with Gasteiger partial charge in [-0.25, -0.2) is 0 Å². The van der Waals surface area contributed by atoms with Crippen molar-refractivity contribution in [2.75, 3.05) is 26.7 Å². The summed E-state index contributed by atoms with van der Waals surface area (Å²) in [6, 6.07) is 2.18. The monoisotopic (exact) mass is 250 g/mol. The van der Waals surface area contributed by atoms with Gasteiger partial charge in [-0.2, -0.15) is 5.10 Å². The molecule has 0 saturated carbocycles. The summed E-state index contributed by atoms with van der Waals surface area (Å²) < 4.78 is 2.09. The van der Waals surface area contributed by atoms with Gasteiger partial charge in [0, 0.05) is 19.6 Å². The van der Waals surface area contributed by atoms with Gasteiger partial charge < -0.3 is 10.2 Å². The number of hydrogen-bond acceptors (Lipinski definition) is 3. The van der Waals surface area contributed by atoms with E-state index in [0.29, 0.717) is 0 Å². The summed E-state index contributed by atoms with van der Waals surface area (Å²) in [5, 5.41) is 8.07.